The molecule has 1 heterocycles. The van der Waals surface area contributed by atoms with E-state index in [0.717, 1.165) is 25.7 Å². The monoisotopic (exact) mass is 155 g/mol. The molecule has 4 nitrogen and oxygen atoms in total. The minimum atomic E-state index is -0.280. The van der Waals surface area contributed by atoms with Crippen molar-refractivity contribution in [2.24, 2.45) is 0 Å². The molecule has 11 heavy (non-hydrogen) atoms. The molecule has 2 aliphatic rings. The van der Waals surface area contributed by atoms with Crippen molar-refractivity contribution in [3.05, 3.63) is 0 Å². The molecular weight excluding hydrogens is 142 g/mol. The molecule has 2 fully saturated rings. The second kappa shape index (κ2) is 2.46. The van der Waals surface area contributed by atoms with Crippen molar-refractivity contribution in [2.45, 2.75) is 37.6 Å². The Bertz CT molecular complexity index is 175. The minimum Gasteiger partial charge on any atom is -0.276 e. The zero-order valence-electron chi connectivity index (χ0n) is 6.44. The molecule has 0 unspecified atom stereocenters. The Morgan fingerprint density at radius 1 is 1.18 bits per heavy atom. The van der Waals surface area contributed by atoms with Gasteiger partial charge in [-0.2, -0.15) is 5.53 Å². The molecule has 1 saturated carbocycles. The zero-order chi connectivity index (χ0) is 7.73. The van der Waals surface area contributed by atoms with Crippen molar-refractivity contribution < 1.29 is 4.79 Å². The van der Waals surface area contributed by atoms with Crippen molar-refractivity contribution >= 4 is 5.91 Å². The van der Waals surface area contributed by atoms with Crippen molar-refractivity contribution in [3.63, 3.8) is 0 Å². The third kappa shape index (κ3) is 1.02. The van der Waals surface area contributed by atoms with E-state index in [2.05, 4.69) is 16.4 Å². The van der Waals surface area contributed by atoms with Gasteiger partial charge in [0.1, 0.15) is 5.54 Å². The molecule has 1 saturated heterocycles. The quantitative estimate of drug-likeness (QED) is 0.455. The number of amides is 1. The molecule has 3 N–H and O–H groups in total. The second-order valence-electron chi connectivity index (χ2n) is 3.35. The molecular formula is C7H13N3O. The average Bonchev–Trinajstić information content (AvgIpc) is 2.36. The van der Waals surface area contributed by atoms with Crippen LogP contribution in [-0.4, -0.2) is 11.4 Å². The fraction of sp³-hybridized carbons (Fsp3) is 0.857. The van der Waals surface area contributed by atoms with Crippen LogP contribution < -0.4 is 16.4 Å². The van der Waals surface area contributed by atoms with E-state index in [-0.39, 0.29) is 11.4 Å². The van der Waals surface area contributed by atoms with Gasteiger partial charge in [-0.1, -0.05) is 19.3 Å². The highest BCUT2D eigenvalue weighted by Crippen LogP contribution is 2.28. The maximum absolute atomic E-state index is 11.3. The number of nitrogens with one attached hydrogen (secondary N) is 3. The first-order chi connectivity index (χ1) is 5.33. The lowest BCUT2D eigenvalue weighted by Crippen LogP contribution is -2.49. The lowest BCUT2D eigenvalue weighted by atomic mass is 9.82. The fourth-order valence-corrected chi connectivity index (χ4v) is 1.89. The maximum atomic E-state index is 11.3. The minimum absolute atomic E-state index is 0.109. The number of hydrogen-bond acceptors (Lipinski definition) is 3. The van der Waals surface area contributed by atoms with Crippen molar-refractivity contribution in [3.8, 4) is 0 Å². The van der Waals surface area contributed by atoms with Gasteiger partial charge in [-0.25, -0.2) is 5.43 Å². The Balaban J connectivity index is 2.12. The van der Waals surface area contributed by atoms with E-state index in [9.17, 15) is 4.79 Å². The van der Waals surface area contributed by atoms with Gasteiger partial charge < -0.3 is 0 Å². The van der Waals surface area contributed by atoms with Gasteiger partial charge in [-0.3, -0.25) is 10.2 Å². The standard InChI is InChI=1S/C7H13N3O/c11-6-7(9-10-8-6)4-2-1-3-5-7/h9-10H,1-5H2,(H,8,11). The summed E-state index contributed by atoms with van der Waals surface area (Å²) in [5, 5.41) is 0. The number of carbonyl (C=O) groups excluding carboxylic acids is 1. The van der Waals surface area contributed by atoms with Crippen LogP contribution in [0.15, 0.2) is 0 Å². The van der Waals surface area contributed by atoms with Crippen LogP contribution in [0.2, 0.25) is 0 Å². The van der Waals surface area contributed by atoms with Gasteiger partial charge in [0.25, 0.3) is 5.91 Å². The third-order valence-electron chi connectivity index (χ3n) is 2.62. The summed E-state index contributed by atoms with van der Waals surface area (Å²) in [6, 6.07) is 0. The van der Waals surface area contributed by atoms with E-state index in [4.69, 9.17) is 0 Å². The van der Waals surface area contributed by atoms with Crippen LogP contribution in [0.1, 0.15) is 32.1 Å². The van der Waals surface area contributed by atoms with Gasteiger partial charge in [-0.05, 0) is 12.8 Å². The molecule has 2 rings (SSSR count). The summed E-state index contributed by atoms with van der Waals surface area (Å²) in [5.41, 5.74) is 7.99. The summed E-state index contributed by atoms with van der Waals surface area (Å²) in [4.78, 5) is 11.3. The molecule has 0 aromatic heterocycles. The predicted octanol–water partition coefficient (Wildman–Crippen LogP) is -0.172. The van der Waals surface area contributed by atoms with Crippen molar-refractivity contribution in [1.29, 1.82) is 0 Å². The maximum Gasteiger partial charge on any atom is 0.256 e. The molecule has 1 spiro atoms. The van der Waals surface area contributed by atoms with Gasteiger partial charge in [0.2, 0.25) is 0 Å². The molecule has 0 aromatic carbocycles. The summed E-state index contributed by atoms with van der Waals surface area (Å²) in [5.74, 6) is 0.109. The van der Waals surface area contributed by atoms with Crippen LogP contribution >= 0.6 is 0 Å². The number of rotatable bonds is 0. The summed E-state index contributed by atoms with van der Waals surface area (Å²) < 4.78 is 0. The largest absolute Gasteiger partial charge is 0.276 e. The van der Waals surface area contributed by atoms with Gasteiger partial charge in [0.15, 0.2) is 0 Å². The molecule has 62 valence electrons. The average molecular weight is 155 g/mol. The highest BCUT2D eigenvalue weighted by atomic mass is 16.2. The van der Waals surface area contributed by atoms with E-state index in [0.29, 0.717) is 0 Å². The van der Waals surface area contributed by atoms with Crippen LogP contribution in [0.5, 0.6) is 0 Å². The smallest absolute Gasteiger partial charge is 0.256 e. The Labute approximate surface area is 65.7 Å². The van der Waals surface area contributed by atoms with Gasteiger partial charge in [0.05, 0.1) is 0 Å². The summed E-state index contributed by atoms with van der Waals surface area (Å²) in [6.07, 6.45) is 5.50. The molecule has 4 heteroatoms. The van der Waals surface area contributed by atoms with Crippen LogP contribution in [0.25, 0.3) is 0 Å². The van der Waals surface area contributed by atoms with Crippen LogP contribution in [0, 0.1) is 0 Å². The molecule has 0 aromatic rings. The molecule has 1 aliphatic carbocycles. The summed E-state index contributed by atoms with van der Waals surface area (Å²) >= 11 is 0. The first-order valence-electron chi connectivity index (χ1n) is 4.16. The first-order valence-corrected chi connectivity index (χ1v) is 4.16. The summed E-state index contributed by atoms with van der Waals surface area (Å²) in [7, 11) is 0. The molecule has 1 aliphatic heterocycles. The van der Waals surface area contributed by atoms with E-state index < -0.39 is 0 Å². The number of carbonyl (C=O) groups is 1. The van der Waals surface area contributed by atoms with Crippen molar-refractivity contribution in [1.82, 2.24) is 16.4 Å². The van der Waals surface area contributed by atoms with Crippen molar-refractivity contribution in [2.75, 3.05) is 0 Å². The van der Waals surface area contributed by atoms with Crippen LogP contribution in [-0.2, 0) is 4.79 Å². The number of hydrogen-bond donors (Lipinski definition) is 3. The Morgan fingerprint density at radius 2 is 1.91 bits per heavy atom. The molecule has 0 bridgehead atoms. The highest BCUT2D eigenvalue weighted by molar-refractivity contribution is 5.87. The normalized spacial score (nSPS) is 28.9. The number of hydrazine groups is 2. The molecule has 1 amide bonds. The lowest BCUT2D eigenvalue weighted by molar-refractivity contribution is -0.125. The van der Waals surface area contributed by atoms with E-state index in [1.807, 2.05) is 0 Å². The first kappa shape index (κ1) is 7.06. The summed E-state index contributed by atoms with van der Waals surface area (Å²) in [6.45, 7) is 0. The van der Waals surface area contributed by atoms with Gasteiger partial charge in [-0.15, -0.1) is 0 Å². The van der Waals surface area contributed by atoms with E-state index in [1.54, 1.807) is 0 Å². The Hall–Kier alpha value is -0.610. The predicted molar refractivity (Wildman–Crippen MR) is 40.2 cm³/mol. The van der Waals surface area contributed by atoms with E-state index in [1.165, 1.54) is 6.42 Å². The zero-order valence-corrected chi connectivity index (χ0v) is 6.44. The highest BCUT2D eigenvalue weighted by Gasteiger charge is 2.42. The Morgan fingerprint density at radius 3 is 2.45 bits per heavy atom. The molecule has 0 radical (unpaired) electrons. The van der Waals surface area contributed by atoms with Crippen LogP contribution in [0.4, 0.5) is 0 Å². The second-order valence-corrected chi connectivity index (χ2v) is 3.35. The molecule has 0 atom stereocenters. The lowest BCUT2D eigenvalue weighted by Gasteiger charge is -2.29. The SMILES string of the molecule is O=C1NNNC12CCCCC2. The third-order valence-corrected chi connectivity index (χ3v) is 2.62. The van der Waals surface area contributed by atoms with Gasteiger partial charge in [0, 0.05) is 0 Å². The van der Waals surface area contributed by atoms with Gasteiger partial charge >= 0.3 is 0 Å². The topological polar surface area (TPSA) is 53.2 Å². The fourth-order valence-electron chi connectivity index (χ4n) is 1.89. The van der Waals surface area contributed by atoms with E-state index >= 15 is 0 Å². The van der Waals surface area contributed by atoms with Crippen LogP contribution in [0.3, 0.4) is 0 Å². The Kier molecular flexibility index (Phi) is 1.58.